The van der Waals surface area contributed by atoms with E-state index in [2.05, 4.69) is 0 Å². The largest absolute Gasteiger partial charge is 0.497 e. The maximum absolute atomic E-state index is 11.5. The highest BCUT2D eigenvalue weighted by atomic mass is 16.5. The number of aryl methyl sites for hydroxylation is 1. The molecule has 2 aromatic rings. The fraction of sp³-hybridized carbons (Fsp3) is 0.381. The Labute approximate surface area is 159 Å². The molecule has 6 heteroatoms. The summed E-state index contributed by atoms with van der Waals surface area (Å²) in [5, 5.41) is 19.9. The molecule has 0 aliphatic rings. The lowest BCUT2D eigenvalue weighted by Gasteiger charge is -2.18. The molecule has 6 nitrogen and oxygen atoms in total. The minimum absolute atomic E-state index is 0.149. The molecule has 0 amide bonds. The van der Waals surface area contributed by atoms with Crippen molar-refractivity contribution in [2.75, 3.05) is 13.7 Å². The first kappa shape index (κ1) is 20.7. The van der Waals surface area contributed by atoms with Gasteiger partial charge in [0.25, 0.3) is 0 Å². The summed E-state index contributed by atoms with van der Waals surface area (Å²) in [6.07, 6.45) is -2.21. The lowest BCUT2D eigenvalue weighted by atomic mass is 10.0. The highest BCUT2D eigenvalue weighted by Gasteiger charge is 2.25. The molecule has 0 aromatic heterocycles. The first-order valence-corrected chi connectivity index (χ1v) is 8.91. The number of esters is 1. The molecule has 2 atom stereocenters. The van der Waals surface area contributed by atoms with Crippen molar-refractivity contribution in [1.29, 1.82) is 0 Å². The summed E-state index contributed by atoms with van der Waals surface area (Å²) in [5.41, 5.74) is 1.86. The van der Waals surface area contributed by atoms with Gasteiger partial charge in [-0.15, -0.1) is 0 Å². The molecule has 0 bridgehead atoms. The third-order valence-corrected chi connectivity index (χ3v) is 4.11. The van der Waals surface area contributed by atoms with Gasteiger partial charge in [0.2, 0.25) is 0 Å². The summed E-state index contributed by atoms with van der Waals surface area (Å²) in [4.78, 5) is 11.5. The zero-order valence-corrected chi connectivity index (χ0v) is 15.6. The minimum Gasteiger partial charge on any atom is -0.497 e. The van der Waals surface area contributed by atoms with Gasteiger partial charge in [0, 0.05) is 0 Å². The quantitative estimate of drug-likeness (QED) is 0.622. The number of ether oxygens (including phenoxy) is 3. The SMILES string of the molecule is CCOC(=O)[C@@H](O)[C@H](O)CCc1cc(OC)ccc1OCc1ccccc1. The van der Waals surface area contributed by atoms with Crippen molar-refractivity contribution >= 4 is 5.97 Å². The van der Waals surface area contributed by atoms with E-state index in [1.54, 1.807) is 20.1 Å². The Morgan fingerprint density at radius 1 is 1.11 bits per heavy atom. The fourth-order valence-corrected chi connectivity index (χ4v) is 2.60. The molecular formula is C21H26O6. The van der Waals surface area contributed by atoms with Gasteiger partial charge in [-0.3, -0.25) is 0 Å². The van der Waals surface area contributed by atoms with Crippen LogP contribution in [-0.4, -0.2) is 42.1 Å². The van der Waals surface area contributed by atoms with E-state index in [0.717, 1.165) is 11.1 Å². The number of methoxy groups -OCH3 is 1. The predicted octanol–water partition coefficient (Wildman–Crippen LogP) is 2.49. The molecule has 0 aliphatic carbocycles. The van der Waals surface area contributed by atoms with Crippen LogP contribution in [0.2, 0.25) is 0 Å². The Bertz CT molecular complexity index is 716. The summed E-state index contributed by atoms with van der Waals surface area (Å²) >= 11 is 0. The van der Waals surface area contributed by atoms with Crippen LogP contribution in [0, 0.1) is 0 Å². The van der Waals surface area contributed by atoms with Gasteiger partial charge in [-0.2, -0.15) is 0 Å². The average Bonchev–Trinajstić information content (AvgIpc) is 2.71. The summed E-state index contributed by atoms with van der Waals surface area (Å²) in [6, 6.07) is 15.2. The molecule has 0 saturated carbocycles. The molecule has 0 aliphatic heterocycles. The maximum Gasteiger partial charge on any atom is 0.337 e. The van der Waals surface area contributed by atoms with Crippen molar-refractivity contribution in [3.05, 3.63) is 59.7 Å². The van der Waals surface area contributed by atoms with Gasteiger partial charge in [-0.1, -0.05) is 30.3 Å². The molecule has 0 saturated heterocycles. The van der Waals surface area contributed by atoms with Gasteiger partial charge in [-0.05, 0) is 49.1 Å². The molecule has 0 spiro atoms. The van der Waals surface area contributed by atoms with Crippen molar-refractivity contribution in [3.63, 3.8) is 0 Å². The van der Waals surface area contributed by atoms with E-state index < -0.39 is 18.2 Å². The molecule has 2 aromatic carbocycles. The lowest BCUT2D eigenvalue weighted by molar-refractivity contribution is -0.159. The van der Waals surface area contributed by atoms with Crippen molar-refractivity contribution in [3.8, 4) is 11.5 Å². The van der Waals surface area contributed by atoms with Crippen LogP contribution < -0.4 is 9.47 Å². The first-order chi connectivity index (χ1) is 13.0. The van der Waals surface area contributed by atoms with E-state index in [1.165, 1.54) is 0 Å². The number of carbonyl (C=O) groups excluding carboxylic acids is 1. The average molecular weight is 374 g/mol. The molecule has 2 rings (SSSR count). The highest BCUT2D eigenvalue weighted by molar-refractivity contribution is 5.75. The summed E-state index contributed by atoms with van der Waals surface area (Å²) in [5.74, 6) is 0.506. The number of aliphatic hydroxyl groups is 2. The third-order valence-electron chi connectivity index (χ3n) is 4.11. The smallest absolute Gasteiger partial charge is 0.337 e. The minimum atomic E-state index is -1.57. The van der Waals surface area contributed by atoms with E-state index in [0.29, 0.717) is 24.5 Å². The van der Waals surface area contributed by atoms with Crippen LogP contribution in [0.4, 0.5) is 0 Å². The van der Waals surface area contributed by atoms with Crippen LogP contribution in [0.25, 0.3) is 0 Å². The van der Waals surface area contributed by atoms with Crippen LogP contribution in [0.15, 0.2) is 48.5 Å². The van der Waals surface area contributed by atoms with E-state index >= 15 is 0 Å². The first-order valence-electron chi connectivity index (χ1n) is 8.91. The van der Waals surface area contributed by atoms with Gasteiger partial charge >= 0.3 is 5.97 Å². The summed E-state index contributed by atoms with van der Waals surface area (Å²) in [6.45, 7) is 2.20. The molecule has 0 fully saturated rings. The number of aliphatic hydroxyl groups excluding tert-OH is 2. The van der Waals surface area contributed by atoms with Crippen molar-refractivity contribution < 1.29 is 29.2 Å². The normalized spacial score (nSPS) is 12.9. The standard InChI is InChI=1S/C21H26O6/c1-3-26-21(24)20(23)18(22)11-9-16-13-17(25-2)10-12-19(16)27-14-15-7-5-4-6-8-15/h4-8,10,12-13,18,20,22-23H,3,9,11,14H2,1-2H3/t18-,20+/m1/s1. The lowest BCUT2D eigenvalue weighted by Crippen LogP contribution is -2.35. The van der Waals surface area contributed by atoms with Crippen LogP contribution in [-0.2, 0) is 22.6 Å². The second kappa shape index (κ2) is 10.5. The number of benzene rings is 2. The number of hydrogen-bond acceptors (Lipinski definition) is 6. The van der Waals surface area contributed by atoms with Gasteiger partial charge in [0.15, 0.2) is 6.10 Å². The molecule has 0 heterocycles. The molecule has 2 N–H and O–H groups in total. The monoisotopic (exact) mass is 374 g/mol. The Hall–Kier alpha value is -2.57. The van der Waals surface area contributed by atoms with Crippen LogP contribution in [0.3, 0.4) is 0 Å². The number of rotatable bonds is 10. The Morgan fingerprint density at radius 2 is 1.85 bits per heavy atom. The molecule has 0 radical (unpaired) electrons. The number of hydrogen-bond donors (Lipinski definition) is 2. The van der Waals surface area contributed by atoms with Crippen LogP contribution in [0.1, 0.15) is 24.5 Å². The Morgan fingerprint density at radius 3 is 2.52 bits per heavy atom. The van der Waals surface area contributed by atoms with Crippen LogP contribution >= 0.6 is 0 Å². The van der Waals surface area contributed by atoms with Gasteiger partial charge < -0.3 is 24.4 Å². The van der Waals surface area contributed by atoms with E-state index in [4.69, 9.17) is 14.2 Å². The molecule has 27 heavy (non-hydrogen) atoms. The van der Waals surface area contributed by atoms with Gasteiger partial charge in [0.1, 0.15) is 18.1 Å². The van der Waals surface area contributed by atoms with Crippen molar-refractivity contribution in [1.82, 2.24) is 0 Å². The van der Waals surface area contributed by atoms with Crippen LogP contribution in [0.5, 0.6) is 11.5 Å². The zero-order chi connectivity index (χ0) is 19.6. The Balaban J connectivity index is 2.04. The summed E-state index contributed by atoms with van der Waals surface area (Å²) < 4.78 is 15.9. The highest BCUT2D eigenvalue weighted by Crippen LogP contribution is 2.27. The topological polar surface area (TPSA) is 85.2 Å². The fourth-order valence-electron chi connectivity index (χ4n) is 2.60. The number of carbonyl (C=O) groups is 1. The summed E-state index contributed by atoms with van der Waals surface area (Å²) in [7, 11) is 1.57. The van der Waals surface area contributed by atoms with Gasteiger partial charge in [-0.25, -0.2) is 4.79 Å². The Kier molecular flexibility index (Phi) is 8.10. The van der Waals surface area contributed by atoms with E-state index in [1.807, 2.05) is 42.5 Å². The van der Waals surface area contributed by atoms with E-state index in [9.17, 15) is 15.0 Å². The maximum atomic E-state index is 11.5. The third kappa shape index (κ3) is 6.27. The van der Waals surface area contributed by atoms with E-state index in [-0.39, 0.29) is 13.0 Å². The second-order valence-electron chi connectivity index (χ2n) is 6.05. The van der Waals surface area contributed by atoms with Crippen molar-refractivity contribution in [2.45, 2.75) is 38.6 Å². The molecular weight excluding hydrogens is 348 g/mol. The predicted molar refractivity (Wildman–Crippen MR) is 101 cm³/mol. The zero-order valence-electron chi connectivity index (χ0n) is 15.6. The second-order valence-corrected chi connectivity index (χ2v) is 6.05. The van der Waals surface area contributed by atoms with Crippen molar-refractivity contribution in [2.24, 2.45) is 0 Å². The molecule has 146 valence electrons. The molecule has 0 unspecified atom stereocenters. The van der Waals surface area contributed by atoms with Gasteiger partial charge in [0.05, 0.1) is 19.8 Å².